The average Bonchev–Trinajstić information content (AvgIpc) is 2.80. The van der Waals surface area contributed by atoms with Crippen molar-refractivity contribution in [3.05, 3.63) is 55.9 Å². The summed E-state index contributed by atoms with van der Waals surface area (Å²) in [4.78, 5) is 27.6. The highest BCUT2D eigenvalue weighted by atomic mass is 32.1. The third kappa shape index (κ3) is 3.81. The van der Waals surface area contributed by atoms with E-state index in [1.807, 2.05) is 13.8 Å². The fraction of sp³-hybridized carbons (Fsp3) is 0.250. The third-order valence-corrected chi connectivity index (χ3v) is 4.40. The number of nitro groups is 1. The Morgan fingerprint density at radius 3 is 2.57 bits per heavy atom. The van der Waals surface area contributed by atoms with Crippen LogP contribution in [-0.4, -0.2) is 23.7 Å². The molecular formula is C16H16N2O4S. The molecule has 120 valence electrons. The summed E-state index contributed by atoms with van der Waals surface area (Å²) in [5.41, 5.74) is 2.09. The van der Waals surface area contributed by atoms with Crippen LogP contribution in [0.3, 0.4) is 0 Å². The first-order valence-electron chi connectivity index (χ1n) is 6.99. The Balaban J connectivity index is 2.30. The summed E-state index contributed by atoms with van der Waals surface area (Å²) in [5, 5.41) is 11.2. The highest BCUT2D eigenvalue weighted by Gasteiger charge is 2.20. The number of benzene rings is 1. The second kappa shape index (κ2) is 7.15. The number of ether oxygens (including phenoxy) is 1. The Bertz CT molecular complexity index is 763. The molecule has 0 atom stereocenters. The van der Waals surface area contributed by atoms with Crippen LogP contribution in [0.15, 0.2) is 29.3 Å². The first-order valence-corrected chi connectivity index (χ1v) is 7.81. The Labute approximate surface area is 137 Å². The molecule has 1 aromatic heterocycles. The van der Waals surface area contributed by atoms with Gasteiger partial charge in [-0.25, -0.2) is 9.79 Å². The molecule has 23 heavy (non-hydrogen) atoms. The number of hydrogen-bond donors (Lipinski definition) is 0. The van der Waals surface area contributed by atoms with Crippen LogP contribution in [0.1, 0.15) is 33.3 Å². The largest absolute Gasteiger partial charge is 0.462 e. The van der Waals surface area contributed by atoms with Crippen molar-refractivity contribution in [2.75, 3.05) is 6.61 Å². The van der Waals surface area contributed by atoms with Crippen molar-refractivity contribution in [2.24, 2.45) is 4.99 Å². The van der Waals surface area contributed by atoms with Gasteiger partial charge in [0, 0.05) is 23.2 Å². The maximum atomic E-state index is 12.1. The van der Waals surface area contributed by atoms with Crippen molar-refractivity contribution in [2.45, 2.75) is 20.8 Å². The Morgan fingerprint density at radius 2 is 2.00 bits per heavy atom. The van der Waals surface area contributed by atoms with Crippen molar-refractivity contribution in [1.29, 1.82) is 0 Å². The fourth-order valence-corrected chi connectivity index (χ4v) is 2.95. The number of carbonyl (C=O) groups excluding carboxylic acids is 1. The van der Waals surface area contributed by atoms with E-state index in [0.717, 1.165) is 10.4 Å². The molecule has 0 aliphatic heterocycles. The van der Waals surface area contributed by atoms with Crippen LogP contribution in [0.4, 0.5) is 10.7 Å². The number of nitrogens with zero attached hydrogens (tertiary/aromatic N) is 2. The molecule has 6 nitrogen and oxygen atoms in total. The number of esters is 1. The van der Waals surface area contributed by atoms with E-state index < -0.39 is 4.92 Å². The van der Waals surface area contributed by atoms with E-state index in [1.165, 1.54) is 23.5 Å². The van der Waals surface area contributed by atoms with Gasteiger partial charge in [0.15, 0.2) is 0 Å². The van der Waals surface area contributed by atoms with Gasteiger partial charge >= 0.3 is 5.97 Å². The number of rotatable bonds is 5. The molecule has 0 saturated heterocycles. The van der Waals surface area contributed by atoms with Gasteiger partial charge < -0.3 is 4.74 Å². The summed E-state index contributed by atoms with van der Waals surface area (Å²) in [7, 11) is 0. The molecule has 2 aromatic rings. The quantitative estimate of drug-likeness (QED) is 0.355. The van der Waals surface area contributed by atoms with E-state index in [-0.39, 0.29) is 11.7 Å². The normalized spacial score (nSPS) is 10.9. The molecule has 0 aliphatic rings. The van der Waals surface area contributed by atoms with Crippen LogP contribution in [-0.2, 0) is 4.74 Å². The maximum absolute atomic E-state index is 12.1. The molecular weight excluding hydrogens is 316 g/mol. The maximum Gasteiger partial charge on any atom is 0.341 e. The van der Waals surface area contributed by atoms with Crippen LogP contribution in [0.5, 0.6) is 0 Å². The second-order valence-electron chi connectivity index (χ2n) is 4.79. The average molecular weight is 332 g/mol. The summed E-state index contributed by atoms with van der Waals surface area (Å²) in [6, 6.07) is 6.05. The highest BCUT2D eigenvalue weighted by molar-refractivity contribution is 7.16. The fourth-order valence-electron chi connectivity index (χ4n) is 1.96. The summed E-state index contributed by atoms with van der Waals surface area (Å²) in [6.45, 7) is 5.85. The van der Waals surface area contributed by atoms with E-state index in [2.05, 4.69) is 4.99 Å². The minimum atomic E-state index is -0.453. The smallest absolute Gasteiger partial charge is 0.341 e. The van der Waals surface area contributed by atoms with Gasteiger partial charge in [-0.05, 0) is 44.0 Å². The SMILES string of the molecule is CCOC(=O)c1c(N=Cc2ccc([N+](=O)[O-])cc2)sc(C)c1C. The molecule has 1 heterocycles. The van der Waals surface area contributed by atoms with Gasteiger partial charge in [0.05, 0.1) is 17.1 Å². The molecule has 0 spiro atoms. The van der Waals surface area contributed by atoms with Crippen molar-refractivity contribution < 1.29 is 14.5 Å². The van der Waals surface area contributed by atoms with Gasteiger partial charge in [-0.2, -0.15) is 0 Å². The lowest BCUT2D eigenvalue weighted by atomic mass is 10.1. The first-order chi connectivity index (χ1) is 10.9. The molecule has 0 radical (unpaired) electrons. The van der Waals surface area contributed by atoms with Gasteiger partial charge in [0.25, 0.3) is 5.69 Å². The zero-order chi connectivity index (χ0) is 17.0. The number of non-ortho nitro benzene ring substituents is 1. The van der Waals surface area contributed by atoms with Crippen molar-refractivity contribution >= 4 is 34.2 Å². The molecule has 2 rings (SSSR count). The summed E-state index contributed by atoms with van der Waals surface area (Å²) >= 11 is 1.42. The lowest BCUT2D eigenvalue weighted by molar-refractivity contribution is -0.384. The van der Waals surface area contributed by atoms with Gasteiger partial charge in [0.1, 0.15) is 5.00 Å². The van der Waals surface area contributed by atoms with E-state index >= 15 is 0 Å². The molecule has 7 heteroatoms. The molecule has 0 fully saturated rings. The lowest BCUT2D eigenvalue weighted by Crippen LogP contribution is -2.05. The minimum absolute atomic E-state index is 0.0252. The van der Waals surface area contributed by atoms with E-state index in [4.69, 9.17) is 4.74 Å². The second-order valence-corrected chi connectivity index (χ2v) is 5.99. The molecule has 0 bridgehead atoms. The van der Waals surface area contributed by atoms with Crippen LogP contribution >= 0.6 is 11.3 Å². The van der Waals surface area contributed by atoms with Gasteiger partial charge in [-0.15, -0.1) is 11.3 Å². The molecule has 0 N–H and O–H groups in total. The monoisotopic (exact) mass is 332 g/mol. The predicted molar refractivity (Wildman–Crippen MR) is 90.1 cm³/mol. The summed E-state index contributed by atoms with van der Waals surface area (Å²) in [6.07, 6.45) is 1.58. The topological polar surface area (TPSA) is 81.8 Å². The predicted octanol–water partition coefficient (Wildman–Crippen LogP) is 4.20. The molecule has 0 unspecified atom stereocenters. The van der Waals surface area contributed by atoms with E-state index in [0.29, 0.717) is 22.7 Å². The zero-order valence-corrected chi connectivity index (χ0v) is 13.8. The van der Waals surface area contributed by atoms with Crippen molar-refractivity contribution in [3.8, 4) is 0 Å². The van der Waals surface area contributed by atoms with E-state index in [9.17, 15) is 14.9 Å². The number of carbonyl (C=O) groups is 1. The van der Waals surface area contributed by atoms with E-state index in [1.54, 1.807) is 25.3 Å². The van der Waals surface area contributed by atoms with Crippen LogP contribution in [0, 0.1) is 24.0 Å². The third-order valence-electron chi connectivity index (χ3n) is 3.28. The molecule has 0 amide bonds. The lowest BCUT2D eigenvalue weighted by Gasteiger charge is -2.02. The molecule has 0 aliphatic carbocycles. The number of aliphatic imine (C=N–C) groups is 1. The molecule has 0 saturated carbocycles. The number of aryl methyl sites for hydroxylation is 1. The summed E-state index contributed by atoms with van der Waals surface area (Å²) < 4.78 is 5.08. The van der Waals surface area contributed by atoms with Gasteiger partial charge in [0.2, 0.25) is 0 Å². The minimum Gasteiger partial charge on any atom is -0.462 e. The van der Waals surface area contributed by atoms with Crippen molar-refractivity contribution in [1.82, 2.24) is 0 Å². The van der Waals surface area contributed by atoms with Crippen LogP contribution in [0.25, 0.3) is 0 Å². The standard InChI is InChI=1S/C16H16N2O4S/c1-4-22-16(19)14-10(2)11(3)23-15(14)17-9-12-5-7-13(8-6-12)18(20)21/h5-9H,4H2,1-3H3. The van der Waals surface area contributed by atoms with Gasteiger partial charge in [-0.1, -0.05) is 0 Å². The number of nitro benzene ring substituents is 1. The van der Waals surface area contributed by atoms with Crippen molar-refractivity contribution in [3.63, 3.8) is 0 Å². The zero-order valence-electron chi connectivity index (χ0n) is 13.0. The van der Waals surface area contributed by atoms with Crippen LogP contribution < -0.4 is 0 Å². The first kappa shape index (κ1) is 16.8. The van der Waals surface area contributed by atoms with Crippen LogP contribution in [0.2, 0.25) is 0 Å². The Kier molecular flexibility index (Phi) is 5.23. The Hall–Kier alpha value is -2.54. The number of hydrogen-bond acceptors (Lipinski definition) is 6. The van der Waals surface area contributed by atoms with Gasteiger partial charge in [-0.3, -0.25) is 10.1 Å². The molecule has 1 aromatic carbocycles. The highest BCUT2D eigenvalue weighted by Crippen LogP contribution is 2.35. The Morgan fingerprint density at radius 1 is 1.35 bits per heavy atom. The summed E-state index contributed by atoms with van der Waals surface area (Å²) in [5.74, 6) is -0.384. The number of thiophene rings is 1.